The summed E-state index contributed by atoms with van der Waals surface area (Å²) in [6, 6.07) is 14.4. The zero-order chi connectivity index (χ0) is 14.4. The van der Waals surface area contributed by atoms with E-state index in [1.54, 1.807) is 0 Å². The van der Waals surface area contributed by atoms with Crippen molar-refractivity contribution >= 4 is 16.7 Å². The number of hydrogen-bond acceptors (Lipinski definition) is 1. The minimum absolute atomic E-state index is 0.119. The molecule has 0 aliphatic heterocycles. The van der Waals surface area contributed by atoms with Gasteiger partial charge in [-0.3, -0.25) is 4.79 Å². The van der Waals surface area contributed by atoms with Crippen LogP contribution in [0, 0.1) is 5.92 Å². The van der Waals surface area contributed by atoms with Gasteiger partial charge >= 0.3 is 0 Å². The van der Waals surface area contributed by atoms with Crippen molar-refractivity contribution in [1.29, 1.82) is 0 Å². The molecular formula is C18H23NO. The SMILES string of the molecule is CCC(CC)CNC(=O)Cc1cccc2ccccc12. The monoisotopic (exact) mass is 269 g/mol. The minimum atomic E-state index is 0.119. The number of rotatable bonds is 6. The van der Waals surface area contributed by atoms with E-state index in [4.69, 9.17) is 0 Å². The fraction of sp³-hybridized carbons (Fsp3) is 0.389. The molecule has 2 heteroatoms. The first-order chi connectivity index (χ1) is 9.74. The summed E-state index contributed by atoms with van der Waals surface area (Å²) >= 11 is 0. The van der Waals surface area contributed by atoms with E-state index in [0.717, 1.165) is 24.9 Å². The normalized spacial score (nSPS) is 10.9. The van der Waals surface area contributed by atoms with Crippen molar-refractivity contribution in [2.24, 2.45) is 5.92 Å². The molecule has 0 aliphatic rings. The maximum Gasteiger partial charge on any atom is 0.224 e. The second-order valence-electron chi connectivity index (χ2n) is 5.30. The Bertz CT molecular complexity index is 567. The van der Waals surface area contributed by atoms with Gasteiger partial charge in [-0.05, 0) is 22.3 Å². The first-order valence-electron chi connectivity index (χ1n) is 7.48. The van der Waals surface area contributed by atoms with E-state index in [-0.39, 0.29) is 5.91 Å². The van der Waals surface area contributed by atoms with E-state index in [1.807, 2.05) is 24.3 Å². The molecule has 0 aliphatic carbocycles. The average molecular weight is 269 g/mol. The first kappa shape index (κ1) is 14.6. The summed E-state index contributed by atoms with van der Waals surface area (Å²) < 4.78 is 0. The van der Waals surface area contributed by atoms with Crippen LogP contribution in [-0.2, 0) is 11.2 Å². The molecule has 0 heterocycles. The summed E-state index contributed by atoms with van der Waals surface area (Å²) in [6.45, 7) is 5.13. The first-order valence-corrected chi connectivity index (χ1v) is 7.48. The van der Waals surface area contributed by atoms with Crippen LogP contribution in [-0.4, -0.2) is 12.5 Å². The standard InChI is InChI=1S/C18H23NO/c1-3-14(4-2)13-19-18(20)12-16-10-7-9-15-8-5-6-11-17(15)16/h5-11,14H,3-4,12-13H2,1-2H3,(H,19,20). The quantitative estimate of drug-likeness (QED) is 0.845. The Kier molecular flexibility index (Phi) is 5.16. The van der Waals surface area contributed by atoms with Gasteiger partial charge in [-0.1, -0.05) is 69.2 Å². The Morgan fingerprint density at radius 3 is 2.50 bits per heavy atom. The molecule has 2 nitrogen and oxygen atoms in total. The molecule has 0 fully saturated rings. The lowest BCUT2D eigenvalue weighted by atomic mass is 10.0. The molecule has 0 spiro atoms. The van der Waals surface area contributed by atoms with Crippen LogP contribution in [0.15, 0.2) is 42.5 Å². The summed E-state index contributed by atoms with van der Waals surface area (Å²) in [5.74, 6) is 0.708. The Morgan fingerprint density at radius 2 is 1.75 bits per heavy atom. The van der Waals surface area contributed by atoms with E-state index >= 15 is 0 Å². The maximum absolute atomic E-state index is 12.1. The van der Waals surface area contributed by atoms with Gasteiger partial charge in [0.1, 0.15) is 0 Å². The third-order valence-electron chi connectivity index (χ3n) is 3.97. The number of nitrogens with one attached hydrogen (secondary N) is 1. The van der Waals surface area contributed by atoms with Crippen molar-refractivity contribution in [3.05, 3.63) is 48.0 Å². The van der Waals surface area contributed by atoms with Crippen molar-refractivity contribution in [3.63, 3.8) is 0 Å². The second kappa shape index (κ2) is 7.09. The number of carbonyl (C=O) groups excluding carboxylic acids is 1. The molecule has 0 radical (unpaired) electrons. The number of amides is 1. The van der Waals surface area contributed by atoms with Gasteiger partial charge in [0.25, 0.3) is 0 Å². The molecule has 106 valence electrons. The second-order valence-corrected chi connectivity index (χ2v) is 5.30. The molecule has 20 heavy (non-hydrogen) atoms. The molecule has 2 rings (SSSR count). The zero-order valence-corrected chi connectivity index (χ0v) is 12.4. The van der Waals surface area contributed by atoms with Crippen LogP contribution in [0.1, 0.15) is 32.3 Å². The average Bonchev–Trinajstić information content (AvgIpc) is 2.49. The number of hydrogen-bond donors (Lipinski definition) is 1. The maximum atomic E-state index is 12.1. The molecule has 0 atom stereocenters. The highest BCUT2D eigenvalue weighted by molar-refractivity contribution is 5.90. The highest BCUT2D eigenvalue weighted by Gasteiger charge is 2.09. The molecule has 0 bridgehead atoms. The van der Waals surface area contributed by atoms with Crippen LogP contribution in [0.5, 0.6) is 0 Å². The third-order valence-corrected chi connectivity index (χ3v) is 3.97. The van der Waals surface area contributed by atoms with Gasteiger partial charge in [0.15, 0.2) is 0 Å². The Hall–Kier alpha value is -1.83. The van der Waals surface area contributed by atoms with Crippen molar-refractivity contribution in [2.75, 3.05) is 6.54 Å². The van der Waals surface area contributed by atoms with Crippen LogP contribution in [0.2, 0.25) is 0 Å². The summed E-state index contributed by atoms with van der Waals surface area (Å²) in [5, 5.41) is 5.43. The van der Waals surface area contributed by atoms with Gasteiger partial charge in [0, 0.05) is 6.54 Å². The minimum Gasteiger partial charge on any atom is -0.356 e. The number of carbonyl (C=O) groups is 1. The Morgan fingerprint density at radius 1 is 1.05 bits per heavy atom. The van der Waals surface area contributed by atoms with Crippen LogP contribution in [0.25, 0.3) is 10.8 Å². The molecular weight excluding hydrogens is 246 g/mol. The lowest BCUT2D eigenvalue weighted by Gasteiger charge is -2.13. The van der Waals surface area contributed by atoms with Crippen LogP contribution in [0.3, 0.4) is 0 Å². The van der Waals surface area contributed by atoms with E-state index in [9.17, 15) is 4.79 Å². The van der Waals surface area contributed by atoms with Gasteiger partial charge in [0.05, 0.1) is 6.42 Å². The van der Waals surface area contributed by atoms with E-state index in [0.29, 0.717) is 12.3 Å². The fourth-order valence-corrected chi connectivity index (χ4v) is 2.52. The molecule has 2 aromatic rings. The van der Waals surface area contributed by atoms with Gasteiger partial charge in [0.2, 0.25) is 5.91 Å². The largest absolute Gasteiger partial charge is 0.356 e. The molecule has 0 aromatic heterocycles. The predicted octanol–water partition coefficient (Wildman–Crippen LogP) is 3.93. The molecule has 2 aromatic carbocycles. The highest BCUT2D eigenvalue weighted by Crippen LogP contribution is 2.18. The van der Waals surface area contributed by atoms with Crippen molar-refractivity contribution in [3.8, 4) is 0 Å². The topological polar surface area (TPSA) is 29.1 Å². The third kappa shape index (κ3) is 3.60. The molecule has 1 amide bonds. The van der Waals surface area contributed by atoms with Crippen molar-refractivity contribution in [1.82, 2.24) is 5.32 Å². The number of fused-ring (bicyclic) bond motifs is 1. The van der Waals surface area contributed by atoms with Crippen LogP contribution in [0.4, 0.5) is 0 Å². The van der Waals surface area contributed by atoms with Gasteiger partial charge in [-0.25, -0.2) is 0 Å². The van der Waals surface area contributed by atoms with Crippen LogP contribution >= 0.6 is 0 Å². The van der Waals surface area contributed by atoms with E-state index in [2.05, 4.69) is 37.4 Å². The molecule has 0 unspecified atom stereocenters. The number of benzene rings is 2. The Labute approximate surface area is 121 Å². The van der Waals surface area contributed by atoms with Gasteiger partial charge in [-0.2, -0.15) is 0 Å². The molecule has 1 N–H and O–H groups in total. The zero-order valence-electron chi connectivity index (χ0n) is 12.4. The summed E-state index contributed by atoms with van der Waals surface area (Å²) in [6.07, 6.45) is 2.69. The predicted molar refractivity (Wildman–Crippen MR) is 84.7 cm³/mol. The molecule has 0 saturated carbocycles. The summed E-state index contributed by atoms with van der Waals surface area (Å²) in [4.78, 5) is 12.1. The van der Waals surface area contributed by atoms with Crippen molar-refractivity contribution < 1.29 is 4.79 Å². The lowest BCUT2D eigenvalue weighted by molar-refractivity contribution is -0.120. The highest BCUT2D eigenvalue weighted by atomic mass is 16.1. The van der Waals surface area contributed by atoms with Gasteiger partial charge < -0.3 is 5.32 Å². The van der Waals surface area contributed by atoms with Crippen LogP contribution < -0.4 is 5.32 Å². The smallest absolute Gasteiger partial charge is 0.224 e. The summed E-state index contributed by atoms with van der Waals surface area (Å²) in [5.41, 5.74) is 1.10. The Balaban J connectivity index is 2.03. The molecule has 0 saturated heterocycles. The van der Waals surface area contributed by atoms with E-state index < -0.39 is 0 Å². The van der Waals surface area contributed by atoms with Gasteiger partial charge in [-0.15, -0.1) is 0 Å². The van der Waals surface area contributed by atoms with E-state index in [1.165, 1.54) is 10.8 Å². The fourth-order valence-electron chi connectivity index (χ4n) is 2.52. The summed E-state index contributed by atoms with van der Waals surface area (Å²) in [7, 11) is 0. The van der Waals surface area contributed by atoms with Crippen molar-refractivity contribution in [2.45, 2.75) is 33.1 Å². The lowest BCUT2D eigenvalue weighted by Crippen LogP contribution is -2.30.